The van der Waals surface area contributed by atoms with Crippen LogP contribution in [0.1, 0.15) is 35.3 Å². The van der Waals surface area contributed by atoms with Crippen molar-refractivity contribution in [3.05, 3.63) is 35.7 Å². The lowest BCUT2D eigenvalue weighted by molar-refractivity contribution is -0.131. The summed E-state index contributed by atoms with van der Waals surface area (Å²) in [5, 5.41) is 12.3. The minimum atomic E-state index is -1.05. The molecule has 1 amide bonds. The first-order chi connectivity index (χ1) is 10.1. The standard InChI is InChI=1S/C15H18N2O3S/c1-21-12-6-5-11(9-12)17-15(20)14-10(3-2-8-16-14)4-7-13(18)19/h2-4,7-8,11-12H,5-6,9H2,1H3,(H,17,20)(H,18,19)/b7-4+. The smallest absolute Gasteiger partial charge is 0.328 e. The number of carboxylic acids is 1. The third-order valence-corrected chi connectivity index (χ3v) is 4.61. The number of amides is 1. The summed E-state index contributed by atoms with van der Waals surface area (Å²) in [6.45, 7) is 0. The molecule has 2 N–H and O–H groups in total. The number of aliphatic carboxylic acids is 1. The highest BCUT2D eigenvalue weighted by Gasteiger charge is 2.26. The van der Waals surface area contributed by atoms with Crippen LogP contribution in [-0.4, -0.2) is 39.5 Å². The summed E-state index contributed by atoms with van der Waals surface area (Å²) >= 11 is 1.83. The minimum absolute atomic E-state index is 0.174. The van der Waals surface area contributed by atoms with Crippen molar-refractivity contribution in [2.45, 2.75) is 30.6 Å². The van der Waals surface area contributed by atoms with Gasteiger partial charge in [-0.25, -0.2) is 4.79 Å². The molecule has 1 aliphatic carbocycles. The van der Waals surface area contributed by atoms with Crippen LogP contribution in [0, 0.1) is 0 Å². The van der Waals surface area contributed by atoms with Gasteiger partial charge in [-0.15, -0.1) is 0 Å². The number of rotatable bonds is 5. The normalized spacial score (nSPS) is 21.6. The quantitative estimate of drug-likeness (QED) is 0.815. The number of carbonyl (C=O) groups is 2. The number of carbonyl (C=O) groups excluding carboxylic acids is 1. The van der Waals surface area contributed by atoms with Crippen molar-refractivity contribution in [2.24, 2.45) is 0 Å². The predicted molar refractivity (Wildman–Crippen MR) is 83.3 cm³/mol. The topological polar surface area (TPSA) is 79.3 Å². The van der Waals surface area contributed by atoms with Crippen LogP contribution in [0.4, 0.5) is 0 Å². The second-order valence-electron chi connectivity index (χ2n) is 4.95. The number of carboxylic acid groups (broad SMARTS) is 1. The molecule has 2 unspecified atom stereocenters. The fourth-order valence-corrected chi connectivity index (χ4v) is 3.24. The number of nitrogens with zero attached hydrogens (tertiary/aromatic N) is 1. The van der Waals surface area contributed by atoms with E-state index in [4.69, 9.17) is 5.11 Å². The van der Waals surface area contributed by atoms with Crippen molar-refractivity contribution >= 4 is 29.7 Å². The number of aromatic nitrogens is 1. The summed E-state index contributed by atoms with van der Waals surface area (Å²) in [5.74, 6) is -1.30. The second-order valence-corrected chi connectivity index (χ2v) is 6.09. The Bertz CT molecular complexity index is 560. The SMILES string of the molecule is CSC1CCC(NC(=O)c2ncccc2/C=C/C(=O)O)C1. The fourth-order valence-electron chi connectivity index (χ4n) is 2.44. The van der Waals surface area contributed by atoms with Crippen molar-refractivity contribution in [3.8, 4) is 0 Å². The molecule has 0 spiro atoms. The summed E-state index contributed by atoms with van der Waals surface area (Å²) in [6.07, 6.45) is 9.08. The van der Waals surface area contributed by atoms with Crippen LogP contribution >= 0.6 is 11.8 Å². The molecule has 1 saturated carbocycles. The van der Waals surface area contributed by atoms with Crippen molar-refractivity contribution in [2.75, 3.05) is 6.26 Å². The fraction of sp³-hybridized carbons (Fsp3) is 0.400. The van der Waals surface area contributed by atoms with Crippen LogP contribution in [0.15, 0.2) is 24.4 Å². The lowest BCUT2D eigenvalue weighted by atomic mass is 10.1. The van der Waals surface area contributed by atoms with E-state index in [-0.39, 0.29) is 17.6 Å². The Morgan fingerprint density at radius 2 is 2.29 bits per heavy atom. The molecule has 6 heteroatoms. The van der Waals surface area contributed by atoms with E-state index in [1.165, 1.54) is 12.3 Å². The summed E-state index contributed by atoms with van der Waals surface area (Å²) < 4.78 is 0. The molecule has 0 bridgehead atoms. The molecular formula is C15H18N2O3S. The number of thioether (sulfide) groups is 1. The highest BCUT2D eigenvalue weighted by Crippen LogP contribution is 2.28. The van der Waals surface area contributed by atoms with Crippen LogP contribution in [0.25, 0.3) is 6.08 Å². The number of hydrogen-bond acceptors (Lipinski definition) is 4. The van der Waals surface area contributed by atoms with Gasteiger partial charge in [-0.3, -0.25) is 9.78 Å². The van der Waals surface area contributed by atoms with Gasteiger partial charge in [0.05, 0.1) is 0 Å². The first kappa shape index (κ1) is 15.6. The zero-order valence-electron chi connectivity index (χ0n) is 11.8. The van der Waals surface area contributed by atoms with Gasteiger partial charge in [0.15, 0.2) is 0 Å². The predicted octanol–water partition coefficient (Wildman–Crippen LogP) is 2.19. The monoisotopic (exact) mass is 306 g/mol. The van der Waals surface area contributed by atoms with Crippen molar-refractivity contribution < 1.29 is 14.7 Å². The van der Waals surface area contributed by atoms with Crippen molar-refractivity contribution in [3.63, 3.8) is 0 Å². The molecule has 21 heavy (non-hydrogen) atoms. The minimum Gasteiger partial charge on any atom is -0.478 e. The Morgan fingerprint density at radius 1 is 1.48 bits per heavy atom. The van der Waals surface area contributed by atoms with E-state index in [2.05, 4.69) is 16.6 Å². The van der Waals surface area contributed by atoms with E-state index < -0.39 is 5.97 Å². The van der Waals surface area contributed by atoms with Gasteiger partial charge in [-0.2, -0.15) is 11.8 Å². The molecule has 0 saturated heterocycles. The van der Waals surface area contributed by atoms with Crippen LogP contribution < -0.4 is 5.32 Å². The lowest BCUT2D eigenvalue weighted by Crippen LogP contribution is -2.34. The maximum absolute atomic E-state index is 12.3. The van der Waals surface area contributed by atoms with Crippen LogP contribution in [0.5, 0.6) is 0 Å². The summed E-state index contributed by atoms with van der Waals surface area (Å²) in [7, 11) is 0. The molecule has 1 fully saturated rings. The van der Waals surface area contributed by atoms with Gasteiger partial charge in [0.1, 0.15) is 5.69 Å². The molecule has 1 aromatic heterocycles. The highest BCUT2D eigenvalue weighted by molar-refractivity contribution is 7.99. The molecule has 5 nitrogen and oxygen atoms in total. The zero-order chi connectivity index (χ0) is 15.2. The molecular weight excluding hydrogens is 288 g/mol. The highest BCUT2D eigenvalue weighted by atomic mass is 32.2. The zero-order valence-corrected chi connectivity index (χ0v) is 12.6. The molecule has 2 atom stereocenters. The molecule has 0 radical (unpaired) electrons. The van der Waals surface area contributed by atoms with Crippen LogP contribution in [0.3, 0.4) is 0 Å². The second kappa shape index (κ2) is 7.26. The number of hydrogen-bond donors (Lipinski definition) is 2. The van der Waals surface area contributed by atoms with E-state index in [1.54, 1.807) is 12.1 Å². The van der Waals surface area contributed by atoms with Crippen LogP contribution in [0.2, 0.25) is 0 Å². The number of nitrogens with one attached hydrogen (secondary N) is 1. The van der Waals surface area contributed by atoms with Crippen LogP contribution in [-0.2, 0) is 4.79 Å². The Balaban J connectivity index is 2.07. The number of pyridine rings is 1. The molecule has 1 aliphatic rings. The molecule has 0 aliphatic heterocycles. The Kier molecular flexibility index (Phi) is 5.38. The Morgan fingerprint density at radius 3 is 2.95 bits per heavy atom. The van der Waals surface area contributed by atoms with Gasteiger partial charge in [0.25, 0.3) is 5.91 Å². The van der Waals surface area contributed by atoms with Gasteiger partial charge < -0.3 is 10.4 Å². The molecule has 0 aromatic carbocycles. The Hall–Kier alpha value is -1.82. The van der Waals surface area contributed by atoms with Gasteiger partial charge in [-0.05, 0) is 37.7 Å². The van der Waals surface area contributed by atoms with E-state index >= 15 is 0 Å². The maximum Gasteiger partial charge on any atom is 0.328 e. The third kappa shape index (κ3) is 4.32. The van der Waals surface area contributed by atoms with E-state index in [9.17, 15) is 9.59 Å². The van der Waals surface area contributed by atoms with Gasteiger partial charge in [0.2, 0.25) is 0 Å². The van der Waals surface area contributed by atoms with E-state index in [0.29, 0.717) is 10.8 Å². The molecule has 1 aromatic rings. The third-order valence-electron chi connectivity index (χ3n) is 3.51. The Labute approximate surface area is 127 Å². The lowest BCUT2D eigenvalue weighted by Gasteiger charge is -2.13. The molecule has 112 valence electrons. The molecule has 1 heterocycles. The van der Waals surface area contributed by atoms with E-state index in [0.717, 1.165) is 25.3 Å². The van der Waals surface area contributed by atoms with Gasteiger partial charge in [0, 0.05) is 29.1 Å². The average molecular weight is 306 g/mol. The average Bonchev–Trinajstić information content (AvgIpc) is 2.93. The van der Waals surface area contributed by atoms with Crippen molar-refractivity contribution in [1.82, 2.24) is 10.3 Å². The summed E-state index contributed by atoms with van der Waals surface area (Å²) in [4.78, 5) is 27.0. The first-order valence-corrected chi connectivity index (χ1v) is 8.08. The summed E-state index contributed by atoms with van der Waals surface area (Å²) in [6, 6.07) is 3.53. The maximum atomic E-state index is 12.3. The largest absolute Gasteiger partial charge is 0.478 e. The van der Waals surface area contributed by atoms with Gasteiger partial charge >= 0.3 is 5.97 Å². The van der Waals surface area contributed by atoms with E-state index in [1.807, 2.05) is 11.8 Å². The molecule has 2 rings (SSSR count). The first-order valence-electron chi connectivity index (χ1n) is 6.80. The summed E-state index contributed by atoms with van der Waals surface area (Å²) in [5.41, 5.74) is 0.777. The van der Waals surface area contributed by atoms with Crippen molar-refractivity contribution in [1.29, 1.82) is 0 Å². The van der Waals surface area contributed by atoms with Gasteiger partial charge in [-0.1, -0.05) is 6.07 Å².